The van der Waals surface area contributed by atoms with Gasteiger partial charge in [0.15, 0.2) is 0 Å². The SMILES string of the molecule is CC(C#N)NC(=O)c1ccc(F)cc1[N+](=O)[O-]. The van der Waals surface area contributed by atoms with E-state index in [1.807, 2.05) is 0 Å². The van der Waals surface area contributed by atoms with Crippen molar-refractivity contribution in [3.05, 3.63) is 39.7 Å². The molecule has 1 unspecified atom stereocenters. The predicted octanol–water partition coefficient (Wildman–Crippen LogP) is 1.38. The van der Waals surface area contributed by atoms with Crippen LogP contribution in [0.25, 0.3) is 0 Å². The molecule has 1 rings (SSSR count). The molecule has 1 aromatic rings. The number of nitriles is 1. The lowest BCUT2D eigenvalue weighted by atomic mass is 10.1. The highest BCUT2D eigenvalue weighted by atomic mass is 19.1. The second-order valence-electron chi connectivity index (χ2n) is 3.24. The smallest absolute Gasteiger partial charge is 0.285 e. The summed E-state index contributed by atoms with van der Waals surface area (Å²) in [7, 11) is 0. The number of halogens is 1. The fourth-order valence-electron chi connectivity index (χ4n) is 1.15. The first-order valence-corrected chi connectivity index (χ1v) is 4.60. The van der Waals surface area contributed by atoms with Gasteiger partial charge in [0.1, 0.15) is 17.4 Å². The van der Waals surface area contributed by atoms with Crippen molar-refractivity contribution in [2.75, 3.05) is 0 Å². The maximum absolute atomic E-state index is 12.8. The normalized spacial score (nSPS) is 11.4. The van der Waals surface area contributed by atoms with Crippen LogP contribution in [-0.4, -0.2) is 16.9 Å². The molecule has 0 aliphatic heterocycles. The number of benzene rings is 1. The quantitative estimate of drug-likeness (QED) is 0.634. The van der Waals surface area contributed by atoms with Crippen LogP contribution in [0.5, 0.6) is 0 Å². The Morgan fingerprint density at radius 3 is 2.82 bits per heavy atom. The minimum absolute atomic E-state index is 0.279. The highest BCUT2D eigenvalue weighted by molar-refractivity contribution is 5.98. The molecule has 0 fully saturated rings. The van der Waals surface area contributed by atoms with Crippen LogP contribution in [-0.2, 0) is 0 Å². The standard InChI is InChI=1S/C10H8FN3O3/c1-6(5-12)13-10(15)8-3-2-7(11)4-9(8)14(16)17/h2-4,6H,1H3,(H,13,15). The number of hydrogen-bond acceptors (Lipinski definition) is 4. The molecule has 6 nitrogen and oxygen atoms in total. The molecule has 17 heavy (non-hydrogen) atoms. The molecule has 0 aliphatic rings. The minimum Gasteiger partial charge on any atom is -0.336 e. The number of nitro groups is 1. The summed E-state index contributed by atoms with van der Waals surface area (Å²) in [5.41, 5.74) is -0.911. The maximum atomic E-state index is 12.8. The Morgan fingerprint density at radius 2 is 2.29 bits per heavy atom. The van der Waals surface area contributed by atoms with E-state index in [0.717, 1.165) is 12.1 Å². The van der Waals surface area contributed by atoms with E-state index < -0.39 is 28.4 Å². The second kappa shape index (κ2) is 5.03. The van der Waals surface area contributed by atoms with Gasteiger partial charge in [0.05, 0.1) is 17.1 Å². The Balaban J connectivity index is 3.10. The first-order valence-electron chi connectivity index (χ1n) is 4.60. The zero-order chi connectivity index (χ0) is 13.0. The number of nitrogens with zero attached hydrogens (tertiary/aromatic N) is 2. The van der Waals surface area contributed by atoms with Crippen LogP contribution >= 0.6 is 0 Å². The fourth-order valence-corrected chi connectivity index (χ4v) is 1.15. The first kappa shape index (κ1) is 12.6. The summed E-state index contributed by atoms with van der Waals surface area (Å²) in [5.74, 6) is -1.59. The average Bonchev–Trinajstić information content (AvgIpc) is 2.28. The van der Waals surface area contributed by atoms with E-state index in [1.54, 1.807) is 6.07 Å². The summed E-state index contributed by atoms with van der Waals surface area (Å²) in [5, 5.41) is 21.4. The van der Waals surface area contributed by atoms with Gasteiger partial charge in [-0.15, -0.1) is 0 Å². The van der Waals surface area contributed by atoms with Crippen LogP contribution in [0.15, 0.2) is 18.2 Å². The molecule has 1 N–H and O–H groups in total. The Labute approximate surface area is 95.8 Å². The van der Waals surface area contributed by atoms with E-state index in [-0.39, 0.29) is 5.56 Å². The highest BCUT2D eigenvalue weighted by Gasteiger charge is 2.21. The topological polar surface area (TPSA) is 96.0 Å². The van der Waals surface area contributed by atoms with Gasteiger partial charge < -0.3 is 5.32 Å². The highest BCUT2D eigenvalue weighted by Crippen LogP contribution is 2.19. The van der Waals surface area contributed by atoms with Crippen LogP contribution < -0.4 is 5.32 Å². The van der Waals surface area contributed by atoms with Gasteiger partial charge in [-0.3, -0.25) is 14.9 Å². The number of carbonyl (C=O) groups excluding carboxylic acids is 1. The number of nitrogens with one attached hydrogen (secondary N) is 1. The second-order valence-corrected chi connectivity index (χ2v) is 3.24. The van der Waals surface area contributed by atoms with E-state index in [1.165, 1.54) is 6.92 Å². The number of rotatable bonds is 3. The van der Waals surface area contributed by atoms with Crippen molar-refractivity contribution in [3.63, 3.8) is 0 Å². The summed E-state index contributed by atoms with van der Waals surface area (Å²) in [6.07, 6.45) is 0. The maximum Gasteiger partial charge on any atom is 0.285 e. The molecular weight excluding hydrogens is 229 g/mol. The molecular formula is C10H8FN3O3. The van der Waals surface area contributed by atoms with Crippen LogP contribution in [0, 0.1) is 27.3 Å². The van der Waals surface area contributed by atoms with Gasteiger partial charge >= 0.3 is 0 Å². The lowest BCUT2D eigenvalue weighted by Gasteiger charge is -2.06. The monoisotopic (exact) mass is 237 g/mol. The Hall–Kier alpha value is -2.49. The van der Waals surface area contributed by atoms with E-state index in [9.17, 15) is 19.3 Å². The molecule has 0 aliphatic carbocycles. The summed E-state index contributed by atoms with van der Waals surface area (Å²) in [4.78, 5) is 21.3. The number of carbonyl (C=O) groups is 1. The van der Waals surface area contributed by atoms with Crippen molar-refractivity contribution in [1.29, 1.82) is 5.26 Å². The largest absolute Gasteiger partial charge is 0.336 e. The molecule has 0 heterocycles. The molecule has 0 radical (unpaired) electrons. The van der Waals surface area contributed by atoms with Crippen molar-refractivity contribution in [2.24, 2.45) is 0 Å². The Morgan fingerprint density at radius 1 is 1.65 bits per heavy atom. The van der Waals surface area contributed by atoms with E-state index in [4.69, 9.17) is 5.26 Å². The number of nitro benzene ring substituents is 1. The van der Waals surface area contributed by atoms with E-state index >= 15 is 0 Å². The molecule has 0 saturated carbocycles. The van der Waals surface area contributed by atoms with Crippen molar-refractivity contribution in [1.82, 2.24) is 5.32 Å². The Kier molecular flexibility index (Phi) is 3.72. The summed E-state index contributed by atoms with van der Waals surface area (Å²) >= 11 is 0. The van der Waals surface area contributed by atoms with E-state index in [0.29, 0.717) is 6.07 Å². The molecule has 0 aromatic heterocycles. The van der Waals surface area contributed by atoms with Gasteiger partial charge in [-0.05, 0) is 19.1 Å². The molecule has 0 saturated heterocycles. The van der Waals surface area contributed by atoms with Crippen LogP contribution in [0.2, 0.25) is 0 Å². The van der Waals surface area contributed by atoms with Gasteiger partial charge in [-0.1, -0.05) is 0 Å². The lowest BCUT2D eigenvalue weighted by Crippen LogP contribution is -2.31. The first-order chi connectivity index (χ1) is 7.95. The summed E-state index contributed by atoms with van der Waals surface area (Å²) in [6, 6.07) is 3.57. The van der Waals surface area contributed by atoms with Gasteiger partial charge in [-0.2, -0.15) is 5.26 Å². The molecule has 0 spiro atoms. The summed E-state index contributed by atoms with van der Waals surface area (Å²) < 4.78 is 12.8. The zero-order valence-electron chi connectivity index (χ0n) is 8.81. The Bertz CT molecular complexity index is 510. The minimum atomic E-state index is -0.852. The van der Waals surface area contributed by atoms with Crippen molar-refractivity contribution >= 4 is 11.6 Å². The summed E-state index contributed by atoms with van der Waals surface area (Å²) in [6.45, 7) is 1.42. The third kappa shape index (κ3) is 2.98. The third-order valence-electron chi connectivity index (χ3n) is 1.94. The van der Waals surface area contributed by atoms with Gasteiger partial charge in [0.2, 0.25) is 0 Å². The predicted molar refractivity (Wildman–Crippen MR) is 55.6 cm³/mol. The molecule has 1 atom stereocenters. The zero-order valence-corrected chi connectivity index (χ0v) is 8.81. The molecule has 88 valence electrons. The van der Waals surface area contributed by atoms with E-state index in [2.05, 4.69) is 5.32 Å². The average molecular weight is 237 g/mol. The molecule has 1 amide bonds. The van der Waals surface area contributed by atoms with Crippen molar-refractivity contribution in [2.45, 2.75) is 13.0 Å². The van der Waals surface area contributed by atoms with Gasteiger partial charge in [-0.25, -0.2) is 4.39 Å². The fraction of sp³-hybridized carbons (Fsp3) is 0.200. The van der Waals surface area contributed by atoms with Crippen molar-refractivity contribution < 1.29 is 14.1 Å². The number of hydrogen-bond donors (Lipinski definition) is 1. The molecule has 1 aromatic carbocycles. The van der Waals surface area contributed by atoms with Gasteiger partial charge in [0, 0.05) is 0 Å². The van der Waals surface area contributed by atoms with Crippen LogP contribution in [0.1, 0.15) is 17.3 Å². The third-order valence-corrected chi connectivity index (χ3v) is 1.94. The molecule has 0 bridgehead atoms. The van der Waals surface area contributed by atoms with Crippen LogP contribution in [0.4, 0.5) is 10.1 Å². The number of amides is 1. The lowest BCUT2D eigenvalue weighted by molar-refractivity contribution is -0.385. The van der Waals surface area contributed by atoms with Crippen molar-refractivity contribution in [3.8, 4) is 6.07 Å². The van der Waals surface area contributed by atoms with Crippen LogP contribution in [0.3, 0.4) is 0 Å². The van der Waals surface area contributed by atoms with Gasteiger partial charge in [0.25, 0.3) is 11.6 Å². The molecule has 7 heteroatoms.